The van der Waals surface area contributed by atoms with Gasteiger partial charge in [0.05, 0.1) is 6.61 Å². The van der Waals surface area contributed by atoms with E-state index in [1.165, 1.54) is 18.4 Å². The van der Waals surface area contributed by atoms with E-state index >= 15 is 0 Å². The van der Waals surface area contributed by atoms with Crippen LogP contribution in [0.4, 0.5) is 0 Å². The summed E-state index contributed by atoms with van der Waals surface area (Å²) >= 11 is 0. The molecule has 0 fully saturated rings. The second-order valence-corrected chi connectivity index (χ2v) is 3.28. The van der Waals surface area contributed by atoms with Crippen molar-refractivity contribution in [2.45, 2.75) is 25.7 Å². The van der Waals surface area contributed by atoms with E-state index in [-0.39, 0.29) is 0 Å². The summed E-state index contributed by atoms with van der Waals surface area (Å²) in [5, 5.41) is 0. The van der Waals surface area contributed by atoms with Gasteiger partial charge in [-0.05, 0) is 30.4 Å². The van der Waals surface area contributed by atoms with Gasteiger partial charge in [0.25, 0.3) is 0 Å². The minimum absolute atomic E-state index is 0.718. The third-order valence-electron chi connectivity index (χ3n) is 2.58. The van der Waals surface area contributed by atoms with Gasteiger partial charge in [0.2, 0.25) is 0 Å². The Morgan fingerprint density at radius 3 is 3.08 bits per heavy atom. The predicted octanol–water partition coefficient (Wildman–Crippen LogP) is 2.96. The van der Waals surface area contributed by atoms with E-state index in [1.807, 2.05) is 6.07 Å². The minimum Gasteiger partial charge on any atom is -0.493 e. The van der Waals surface area contributed by atoms with Crippen molar-refractivity contribution in [1.29, 1.82) is 0 Å². The maximum Gasteiger partial charge on any atom is 0.122 e. The molecule has 1 aliphatic heterocycles. The van der Waals surface area contributed by atoms with Crippen molar-refractivity contribution in [3.8, 4) is 5.75 Å². The summed E-state index contributed by atoms with van der Waals surface area (Å²) in [7, 11) is 0. The smallest absolute Gasteiger partial charge is 0.122 e. The van der Waals surface area contributed by atoms with E-state index in [1.54, 1.807) is 0 Å². The first-order valence-electron chi connectivity index (χ1n) is 4.63. The fraction of sp³-hybridized carbons (Fsp3) is 0.455. The van der Waals surface area contributed by atoms with Crippen LogP contribution in [0.25, 0.3) is 0 Å². The average Bonchev–Trinajstić information content (AvgIpc) is 2.17. The van der Waals surface area contributed by atoms with E-state index in [0.717, 1.165) is 18.3 Å². The fourth-order valence-electron chi connectivity index (χ4n) is 1.84. The molecular formula is C11H14O. The molecule has 0 bridgehead atoms. The Morgan fingerprint density at radius 2 is 2.25 bits per heavy atom. The lowest BCUT2D eigenvalue weighted by molar-refractivity contribution is 0.265. The Labute approximate surface area is 73.4 Å². The van der Waals surface area contributed by atoms with Crippen molar-refractivity contribution in [1.82, 2.24) is 0 Å². The molecule has 2 rings (SSSR count). The zero-order valence-corrected chi connectivity index (χ0v) is 7.42. The average molecular weight is 162 g/mol. The summed E-state index contributed by atoms with van der Waals surface area (Å²) in [6.45, 7) is 3.13. The minimum atomic E-state index is 0.718. The van der Waals surface area contributed by atoms with Gasteiger partial charge in [-0.2, -0.15) is 0 Å². The number of rotatable bonds is 1. The highest BCUT2D eigenvalue weighted by atomic mass is 16.5. The topological polar surface area (TPSA) is 9.23 Å². The van der Waals surface area contributed by atoms with Gasteiger partial charge < -0.3 is 4.74 Å². The predicted molar refractivity (Wildman–Crippen MR) is 49.6 cm³/mol. The molecule has 1 nitrogen and oxygen atoms in total. The fourth-order valence-corrected chi connectivity index (χ4v) is 1.84. The van der Waals surface area contributed by atoms with Crippen molar-refractivity contribution in [2.24, 2.45) is 0 Å². The van der Waals surface area contributed by atoms with Gasteiger partial charge >= 0.3 is 0 Å². The molecule has 0 amide bonds. The SMILES string of the molecule is CC[C@H]1CCOc2ccccc21. The Morgan fingerprint density at radius 1 is 1.42 bits per heavy atom. The van der Waals surface area contributed by atoms with Gasteiger partial charge in [0.1, 0.15) is 5.75 Å². The first-order chi connectivity index (χ1) is 5.92. The maximum atomic E-state index is 5.56. The van der Waals surface area contributed by atoms with E-state index < -0.39 is 0 Å². The number of hydrogen-bond acceptors (Lipinski definition) is 1. The van der Waals surface area contributed by atoms with E-state index in [9.17, 15) is 0 Å². The Bertz CT molecular complexity index is 267. The van der Waals surface area contributed by atoms with Crippen molar-refractivity contribution < 1.29 is 4.74 Å². The van der Waals surface area contributed by atoms with Gasteiger partial charge in [0, 0.05) is 0 Å². The van der Waals surface area contributed by atoms with Crippen LogP contribution in [-0.2, 0) is 0 Å². The molecule has 1 aromatic rings. The molecule has 0 N–H and O–H groups in total. The summed E-state index contributed by atoms with van der Waals surface area (Å²) in [5.41, 5.74) is 1.39. The Kier molecular flexibility index (Phi) is 2.03. The lowest BCUT2D eigenvalue weighted by Gasteiger charge is -2.24. The molecule has 0 saturated heterocycles. The third kappa shape index (κ3) is 1.20. The van der Waals surface area contributed by atoms with Crippen LogP contribution in [0.5, 0.6) is 5.75 Å². The summed E-state index contributed by atoms with van der Waals surface area (Å²) in [6, 6.07) is 8.38. The van der Waals surface area contributed by atoms with E-state index in [2.05, 4.69) is 25.1 Å². The normalized spacial score (nSPS) is 21.2. The van der Waals surface area contributed by atoms with Gasteiger partial charge in [0.15, 0.2) is 0 Å². The third-order valence-corrected chi connectivity index (χ3v) is 2.58. The largest absolute Gasteiger partial charge is 0.493 e. The van der Waals surface area contributed by atoms with E-state index in [0.29, 0.717) is 0 Å². The van der Waals surface area contributed by atoms with Crippen LogP contribution in [0.15, 0.2) is 24.3 Å². The number of benzene rings is 1. The summed E-state index contributed by atoms with van der Waals surface area (Å²) in [6.07, 6.45) is 2.40. The summed E-state index contributed by atoms with van der Waals surface area (Å²) in [5.74, 6) is 1.81. The maximum absolute atomic E-state index is 5.56. The first kappa shape index (κ1) is 7.66. The molecule has 0 radical (unpaired) electrons. The zero-order valence-electron chi connectivity index (χ0n) is 7.42. The van der Waals surface area contributed by atoms with Crippen molar-refractivity contribution in [3.05, 3.63) is 29.8 Å². The monoisotopic (exact) mass is 162 g/mol. The lowest BCUT2D eigenvalue weighted by Crippen LogP contribution is -2.13. The van der Waals surface area contributed by atoms with Crippen LogP contribution < -0.4 is 4.74 Å². The molecule has 0 aromatic heterocycles. The molecule has 0 spiro atoms. The van der Waals surface area contributed by atoms with Crippen LogP contribution in [0.2, 0.25) is 0 Å². The molecule has 0 saturated carbocycles. The molecule has 12 heavy (non-hydrogen) atoms. The molecule has 1 atom stereocenters. The summed E-state index contributed by atoms with van der Waals surface area (Å²) in [4.78, 5) is 0. The number of ether oxygens (including phenoxy) is 1. The van der Waals surface area contributed by atoms with Gasteiger partial charge in [-0.15, -0.1) is 0 Å². The zero-order chi connectivity index (χ0) is 8.39. The highest BCUT2D eigenvalue weighted by molar-refractivity contribution is 5.37. The molecule has 1 heteroatoms. The highest BCUT2D eigenvalue weighted by Gasteiger charge is 2.18. The second-order valence-electron chi connectivity index (χ2n) is 3.28. The van der Waals surface area contributed by atoms with Crippen molar-refractivity contribution in [2.75, 3.05) is 6.61 Å². The Hall–Kier alpha value is -0.980. The van der Waals surface area contributed by atoms with Crippen LogP contribution in [-0.4, -0.2) is 6.61 Å². The number of hydrogen-bond donors (Lipinski definition) is 0. The van der Waals surface area contributed by atoms with Gasteiger partial charge in [-0.1, -0.05) is 25.1 Å². The quantitative estimate of drug-likeness (QED) is 0.617. The lowest BCUT2D eigenvalue weighted by atomic mass is 9.91. The van der Waals surface area contributed by atoms with Gasteiger partial charge in [-0.25, -0.2) is 0 Å². The molecule has 0 unspecified atom stereocenters. The molecule has 1 aliphatic rings. The molecule has 1 aromatic carbocycles. The first-order valence-corrected chi connectivity index (χ1v) is 4.63. The van der Waals surface area contributed by atoms with Gasteiger partial charge in [-0.3, -0.25) is 0 Å². The van der Waals surface area contributed by atoms with Crippen molar-refractivity contribution >= 4 is 0 Å². The molecule has 0 aliphatic carbocycles. The van der Waals surface area contributed by atoms with Crippen LogP contribution in [0.1, 0.15) is 31.2 Å². The molecule has 64 valence electrons. The standard InChI is InChI=1S/C11H14O/c1-2-9-7-8-12-11-6-4-3-5-10(9)11/h3-6,9H,2,7-8H2,1H3/t9-/m0/s1. The Balaban J connectivity index is 2.37. The molecule has 1 heterocycles. The number of fused-ring (bicyclic) bond motifs is 1. The number of para-hydroxylation sites is 1. The van der Waals surface area contributed by atoms with Crippen LogP contribution >= 0.6 is 0 Å². The molecular weight excluding hydrogens is 148 g/mol. The van der Waals surface area contributed by atoms with Crippen LogP contribution in [0.3, 0.4) is 0 Å². The van der Waals surface area contributed by atoms with E-state index in [4.69, 9.17) is 4.74 Å². The van der Waals surface area contributed by atoms with Crippen molar-refractivity contribution in [3.63, 3.8) is 0 Å². The highest BCUT2D eigenvalue weighted by Crippen LogP contribution is 2.34. The summed E-state index contributed by atoms with van der Waals surface area (Å²) < 4.78 is 5.56. The van der Waals surface area contributed by atoms with Crippen LogP contribution in [0, 0.1) is 0 Å². The second kappa shape index (κ2) is 3.18.